The highest BCUT2D eigenvalue weighted by Crippen LogP contribution is 2.47. The fourth-order valence-corrected chi connectivity index (χ4v) is 3.61. The summed E-state index contributed by atoms with van der Waals surface area (Å²) >= 11 is 0. The van der Waals surface area contributed by atoms with Crippen molar-refractivity contribution in [2.45, 2.75) is 45.6 Å². The molecule has 19 heavy (non-hydrogen) atoms. The van der Waals surface area contributed by atoms with Crippen molar-refractivity contribution in [2.24, 2.45) is 18.4 Å². The summed E-state index contributed by atoms with van der Waals surface area (Å²) in [5.74, 6) is 1.51. The van der Waals surface area contributed by atoms with Gasteiger partial charge in [-0.05, 0) is 31.2 Å². The molecule has 1 aliphatic rings. The summed E-state index contributed by atoms with van der Waals surface area (Å²) < 4.78 is 7.43. The quantitative estimate of drug-likeness (QED) is 0.910. The minimum absolute atomic E-state index is 0.303. The summed E-state index contributed by atoms with van der Waals surface area (Å²) in [6.45, 7) is 4.79. The van der Waals surface area contributed by atoms with Crippen LogP contribution < -0.4 is 10.1 Å². The molecule has 0 bridgehead atoms. The van der Waals surface area contributed by atoms with Crippen LogP contribution in [0.1, 0.15) is 51.3 Å². The zero-order valence-corrected chi connectivity index (χ0v) is 12.9. The summed E-state index contributed by atoms with van der Waals surface area (Å²) in [5.41, 5.74) is 1.53. The second kappa shape index (κ2) is 5.53. The fraction of sp³-hybridized carbons (Fsp3) is 0.800. The Bertz CT molecular complexity index is 425. The van der Waals surface area contributed by atoms with Crippen molar-refractivity contribution >= 4 is 0 Å². The molecule has 1 aromatic heterocycles. The van der Waals surface area contributed by atoms with E-state index in [1.807, 2.05) is 25.0 Å². The van der Waals surface area contributed by atoms with E-state index in [1.54, 1.807) is 7.11 Å². The molecule has 108 valence electrons. The largest absolute Gasteiger partial charge is 0.493 e. The molecule has 0 saturated heterocycles. The summed E-state index contributed by atoms with van der Waals surface area (Å²) in [5, 5.41) is 7.86. The van der Waals surface area contributed by atoms with Gasteiger partial charge in [0.2, 0.25) is 0 Å². The molecule has 1 N–H and O–H groups in total. The van der Waals surface area contributed by atoms with Gasteiger partial charge in [0.1, 0.15) is 0 Å². The molecule has 0 amide bonds. The third kappa shape index (κ3) is 2.64. The molecule has 1 saturated carbocycles. The highest BCUT2D eigenvalue weighted by molar-refractivity contribution is 5.29. The lowest BCUT2D eigenvalue weighted by atomic mass is 9.65. The van der Waals surface area contributed by atoms with E-state index in [0.717, 1.165) is 5.75 Å². The van der Waals surface area contributed by atoms with Crippen LogP contribution in [0.2, 0.25) is 0 Å². The Morgan fingerprint density at radius 1 is 1.47 bits per heavy atom. The van der Waals surface area contributed by atoms with Crippen LogP contribution in [0.25, 0.3) is 0 Å². The van der Waals surface area contributed by atoms with Crippen LogP contribution in [-0.4, -0.2) is 23.9 Å². The predicted molar refractivity (Wildman–Crippen MR) is 77.3 cm³/mol. The molecule has 2 unspecified atom stereocenters. The van der Waals surface area contributed by atoms with E-state index < -0.39 is 0 Å². The van der Waals surface area contributed by atoms with Crippen LogP contribution in [0.5, 0.6) is 5.75 Å². The van der Waals surface area contributed by atoms with Gasteiger partial charge in [-0.2, -0.15) is 5.10 Å². The Kier molecular flexibility index (Phi) is 4.19. The van der Waals surface area contributed by atoms with E-state index in [2.05, 4.69) is 24.3 Å². The van der Waals surface area contributed by atoms with Gasteiger partial charge < -0.3 is 10.1 Å². The maximum absolute atomic E-state index is 5.48. The first-order valence-electron chi connectivity index (χ1n) is 7.24. The lowest BCUT2D eigenvalue weighted by molar-refractivity contribution is 0.0971. The molecule has 1 heterocycles. The predicted octanol–water partition coefficient (Wildman–Crippen LogP) is 2.91. The van der Waals surface area contributed by atoms with Gasteiger partial charge in [0.15, 0.2) is 5.75 Å². The van der Waals surface area contributed by atoms with Crippen LogP contribution in [0.15, 0.2) is 6.20 Å². The number of ether oxygens (including phenoxy) is 1. The van der Waals surface area contributed by atoms with Gasteiger partial charge in [0, 0.05) is 7.05 Å². The van der Waals surface area contributed by atoms with Gasteiger partial charge >= 0.3 is 0 Å². The third-order valence-electron chi connectivity index (χ3n) is 4.77. The lowest BCUT2D eigenvalue weighted by Crippen LogP contribution is -2.38. The number of aryl methyl sites for hydroxylation is 1. The fourth-order valence-electron chi connectivity index (χ4n) is 3.61. The first-order chi connectivity index (χ1) is 9.01. The number of hydrogen-bond acceptors (Lipinski definition) is 3. The van der Waals surface area contributed by atoms with E-state index >= 15 is 0 Å². The van der Waals surface area contributed by atoms with E-state index in [-0.39, 0.29) is 0 Å². The van der Waals surface area contributed by atoms with Crippen LogP contribution in [-0.2, 0) is 7.05 Å². The van der Waals surface area contributed by atoms with E-state index in [4.69, 9.17) is 4.74 Å². The van der Waals surface area contributed by atoms with Gasteiger partial charge in [0.05, 0.1) is 25.0 Å². The van der Waals surface area contributed by atoms with Crippen molar-refractivity contribution in [3.05, 3.63) is 11.9 Å². The van der Waals surface area contributed by atoms with E-state index in [1.165, 1.54) is 31.4 Å². The average molecular weight is 265 g/mol. The van der Waals surface area contributed by atoms with Crippen molar-refractivity contribution in [1.82, 2.24) is 15.1 Å². The maximum Gasteiger partial charge on any atom is 0.161 e. The van der Waals surface area contributed by atoms with Crippen molar-refractivity contribution in [1.29, 1.82) is 0 Å². The third-order valence-corrected chi connectivity index (χ3v) is 4.77. The molecule has 0 aliphatic heterocycles. The normalized spacial score (nSPS) is 24.2. The van der Waals surface area contributed by atoms with Crippen LogP contribution in [0.3, 0.4) is 0 Å². The SMILES string of the molecule is CNC(c1c(OC)cnn1C)C1CCCCC1(C)C. The second-order valence-electron chi connectivity index (χ2n) is 6.33. The molecular formula is C15H27N3O. The topological polar surface area (TPSA) is 39.1 Å². The van der Waals surface area contributed by atoms with Gasteiger partial charge in [-0.3, -0.25) is 4.68 Å². The van der Waals surface area contributed by atoms with Gasteiger partial charge in [-0.15, -0.1) is 0 Å². The molecule has 2 atom stereocenters. The van der Waals surface area contributed by atoms with Crippen LogP contribution in [0, 0.1) is 11.3 Å². The molecule has 4 nitrogen and oxygen atoms in total. The first-order valence-corrected chi connectivity index (χ1v) is 7.24. The number of methoxy groups -OCH3 is 1. The summed E-state index contributed by atoms with van der Waals surface area (Å²) in [7, 11) is 5.76. The monoisotopic (exact) mass is 265 g/mol. The Labute approximate surface area is 116 Å². The van der Waals surface area contributed by atoms with Crippen molar-refractivity contribution in [2.75, 3.05) is 14.2 Å². The van der Waals surface area contributed by atoms with E-state index in [0.29, 0.717) is 17.4 Å². The smallest absolute Gasteiger partial charge is 0.161 e. The Hall–Kier alpha value is -1.03. The molecule has 1 fully saturated rings. The van der Waals surface area contributed by atoms with Crippen molar-refractivity contribution in [3.63, 3.8) is 0 Å². The minimum Gasteiger partial charge on any atom is -0.493 e. The molecule has 4 heteroatoms. The highest BCUT2D eigenvalue weighted by atomic mass is 16.5. The maximum atomic E-state index is 5.48. The van der Waals surface area contributed by atoms with Crippen LogP contribution >= 0.6 is 0 Å². The van der Waals surface area contributed by atoms with Gasteiger partial charge in [0.25, 0.3) is 0 Å². The summed E-state index contributed by atoms with van der Waals surface area (Å²) in [6, 6.07) is 0.303. The molecule has 1 aromatic rings. The number of rotatable bonds is 4. The molecular weight excluding hydrogens is 238 g/mol. The van der Waals surface area contributed by atoms with Crippen molar-refractivity contribution in [3.8, 4) is 5.75 Å². The molecule has 0 aromatic carbocycles. The minimum atomic E-state index is 0.303. The number of nitrogens with one attached hydrogen (secondary N) is 1. The van der Waals surface area contributed by atoms with Gasteiger partial charge in [-0.25, -0.2) is 0 Å². The summed E-state index contributed by atoms with van der Waals surface area (Å²) in [6.07, 6.45) is 7.06. The summed E-state index contributed by atoms with van der Waals surface area (Å²) in [4.78, 5) is 0. The molecule has 0 spiro atoms. The molecule has 1 aliphatic carbocycles. The number of aromatic nitrogens is 2. The Morgan fingerprint density at radius 3 is 2.79 bits per heavy atom. The van der Waals surface area contributed by atoms with Crippen LogP contribution in [0.4, 0.5) is 0 Å². The number of hydrogen-bond donors (Lipinski definition) is 1. The highest BCUT2D eigenvalue weighted by Gasteiger charge is 2.39. The standard InChI is InChI=1S/C15H27N3O/c1-15(2)9-7-6-8-11(15)13(16-3)14-12(19-5)10-17-18(14)4/h10-11,13,16H,6-9H2,1-5H3. The first kappa shape index (κ1) is 14.4. The Balaban J connectivity index is 2.35. The van der Waals surface area contributed by atoms with Crippen molar-refractivity contribution < 1.29 is 4.74 Å². The van der Waals surface area contributed by atoms with E-state index in [9.17, 15) is 0 Å². The number of nitrogens with zero attached hydrogens (tertiary/aromatic N) is 2. The lowest BCUT2D eigenvalue weighted by Gasteiger charge is -2.43. The average Bonchev–Trinajstić information content (AvgIpc) is 2.74. The van der Waals surface area contributed by atoms with Gasteiger partial charge in [-0.1, -0.05) is 26.7 Å². The zero-order valence-electron chi connectivity index (χ0n) is 12.9. The second-order valence-corrected chi connectivity index (χ2v) is 6.33. The Morgan fingerprint density at radius 2 is 2.21 bits per heavy atom. The molecule has 2 rings (SSSR count). The molecule has 0 radical (unpaired) electrons. The zero-order chi connectivity index (χ0) is 14.0.